The molecule has 0 saturated heterocycles. The quantitative estimate of drug-likeness (QED) is 0.826. The Hall–Kier alpha value is -2.23. The number of rotatable bonds is 3. The predicted molar refractivity (Wildman–Crippen MR) is 75.2 cm³/mol. The van der Waals surface area contributed by atoms with Gasteiger partial charge in [-0.05, 0) is 23.8 Å². The summed E-state index contributed by atoms with van der Waals surface area (Å²) in [7, 11) is -3.76. The zero-order valence-electron chi connectivity index (χ0n) is 11.9. The molecule has 0 radical (unpaired) electrons. The molecule has 0 spiro atoms. The van der Waals surface area contributed by atoms with E-state index in [4.69, 9.17) is 0 Å². The van der Waals surface area contributed by atoms with E-state index in [9.17, 15) is 34.8 Å². The van der Waals surface area contributed by atoms with Crippen LogP contribution in [0.1, 0.15) is 5.56 Å². The molecule has 0 saturated carbocycles. The van der Waals surface area contributed by atoms with Crippen LogP contribution >= 0.6 is 0 Å². The third-order valence-corrected chi connectivity index (χ3v) is 3.55. The number of hydrogen-bond donors (Lipinski definition) is 1. The molecule has 24 heavy (non-hydrogen) atoms. The van der Waals surface area contributed by atoms with E-state index in [1.807, 2.05) is 4.72 Å². The van der Waals surface area contributed by atoms with Crippen LogP contribution in [0.5, 0.6) is 0 Å². The maximum Gasteiger partial charge on any atom is 0.419 e. The van der Waals surface area contributed by atoms with Gasteiger partial charge in [-0.3, -0.25) is 4.72 Å². The van der Waals surface area contributed by atoms with Gasteiger partial charge in [-0.25, -0.2) is 21.6 Å². The summed E-state index contributed by atoms with van der Waals surface area (Å²) in [5.41, 5.74) is -3.06. The van der Waals surface area contributed by atoms with Crippen LogP contribution in [0.15, 0.2) is 30.3 Å². The number of hydrogen-bond acceptors (Lipinski definition) is 2. The molecule has 0 aliphatic heterocycles. The third kappa shape index (κ3) is 3.81. The molecule has 2 aromatic rings. The minimum Gasteiger partial charge on any atom is -0.281 e. The average Bonchev–Trinajstić information content (AvgIpc) is 2.41. The normalized spacial score (nSPS) is 12.3. The number of benzene rings is 2. The molecule has 2 aromatic carbocycles. The van der Waals surface area contributed by atoms with E-state index in [0.717, 1.165) is 18.4 Å². The Morgan fingerprint density at radius 1 is 0.958 bits per heavy atom. The highest BCUT2D eigenvalue weighted by molar-refractivity contribution is 7.92. The molecule has 0 unspecified atom stereocenters. The fourth-order valence-electron chi connectivity index (χ4n) is 1.96. The summed E-state index contributed by atoms with van der Waals surface area (Å²) in [5, 5.41) is 0. The summed E-state index contributed by atoms with van der Waals surface area (Å²) >= 11 is 0. The average molecular weight is 369 g/mol. The molecule has 0 amide bonds. The largest absolute Gasteiger partial charge is 0.419 e. The molecule has 2 rings (SSSR count). The summed E-state index contributed by atoms with van der Waals surface area (Å²) in [5.74, 6) is -4.98. The summed E-state index contributed by atoms with van der Waals surface area (Å²) < 4.78 is 103. The molecule has 3 nitrogen and oxygen atoms in total. The fraction of sp³-hybridized carbons (Fsp3) is 0.143. The van der Waals surface area contributed by atoms with Gasteiger partial charge in [0.2, 0.25) is 10.0 Å². The van der Waals surface area contributed by atoms with Gasteiger partial charge in [-0.1, -0.05) is 12.1 Å². The Labute approximate surface area is 133 Å². The van der Waals surface area contributed by atoms with Gasteiger partial charge in [-0.2, -0.15) is 13.2 Å². The van der Waals surface area contributed by atoms with Crippen LogP contribution in [0, 0.1) is 17.5 Å². The minimum absolute atomic E-state index is 0.253. The summed E-state index contributed by atoms with van der Waals surface area (Å²) in [6, 6.07) is 3.68. The summed E-state index contributed by atoms with van der Waals surface area (Å²) in [6.45, 7) is 0. The van der Waals surface area contributed by atoms with Gasteiger partial charge in [0.05, 0.1) is 17.5 Å². The molecule has 0 aliphatic rings. The molecular weight excluding hydrogens is 360 g/mol. The lowest BCUT2D eigenvalue weighted by Gasteiger charge is -2.12. The SMILES string of the molecule is CS(=O)(=O)Nc1ccc(-c2ccc(C(F)(F)F)c(F)c2F)cc1F. The Morgan fingerprint density at radius 2 is 1.58 bits per heavy atom. The van der Waals surface area contributed by atoms with Crippen LogP contribution in [0.25, 0.3) is 11.1 Å². The zero-order chi connectivity index (χ0) is 18.3. The third-order valence-electron chi connectivity index (χ3n) is 2.96. The standard InChI is InChI=1S/C14H9F6NO2S/c1-24(22,23)21-11-5-2-7(6-10(11)15)8-3-4-9(14(18,19)20)13(17)12(8)16/h2-6,21H,1H3. The highest BCUT2D eigenvalue weighted by Gasteiger charge is 2.36. The molecular formula is C14H9F6NO2S. The Morgan fingerprint density at radius 3 is 2.08 bits per heavy atom. The first kappa shape index (κ1) is 18.1. The van der Waals surface area contributed by atoms with E-state index in [2.05, 4.69) is 0 Å². The van der Waals surface area contributed by atoms with Crippen molar-refractivity contribution in [1.82, 2.24) is 0 Å². The molecule has 0 bridgehead atoms. The van der Waals surface area contributed by atoms with Crippen LogP contribution in [-0.2, 0) is 16.2 Å². The monoisotopic (exact) mass is 369 g/mol. The van der Waals surface area contributed by atoms with Crippen molar-refractivity contribution in [3.05, 3.63) is 53.3 Å². The van der Waals surface area contributed by atoms with Crippen LogP contribution in [0.3, 0.4) is 0 Å². The smallest absolute Gasteiger partial charge is 0.281 e. The highest BCUT2D eigenvalue weighted by atomic mass is 32.2. The zero-order valence-corrected chi connectivity index (χ0v) is 12.7. The first-order valence-electron chi connectivity index (χ1n) is 6.23. The van der Waals surface area contributed by atoms with Crippen LogP contribution in [0.2, 0.25) is 0 Å². The highest BCUT2D eigenvalue weighted by Crippen LogP contribution is 2.36. The predicted octanol–water partition coefficient (Wildman–Crippen LogP) is 4.16. The number of nitrogens with one attached hydrogen (secondary N) is 1. The molecule has 130 valence electrons. The van der Waals surface area contributed by atoms with E-state index in [1.165, 1.54) is 0 Å². The first-order valence-corrected chi connectivity index (χ1v) is 8.12. The van der Waals surface area contributed by atoms with Crippen LogP contribution in [0.4, 0.5) is 32.0 Å². The second-order valence-corrected chi connectivity index (χ2v) is 6.60. The van der Waals surface area contributed by atoms with Crippen molar-refractivity contribution in [2.45, 2.75) is 6.18 Å². The molecule has 10 heteroatoms. The number of halogens is 6. The second kappa shape index (κ2) is 6.00. The van der Waals surface area contributed by atoms with Crippen molar-refractivity contribution in [3.63, 3.8) is 0 Å². The minimum atomic E-state index is -5.07. The van der Waals surface area contributed by atoms with Crippen molar-refractivity contribution in [2.75, 3.05) is 11.0 Å². The van der Waals surface area contributed by atoms with E-state index in [1.54, 1.807) is 0 Å². The molecule has 1 N–H and O–H groups in total. The second-order valence-electron chi connectivity index (χ2n) is 4.86. The van der Waals surface area contributed by atoms with Gasteiger partial charge >= 0.3 is 6.18 Å². The number of alkyl halides is 3. The van der Waals surface area contributed by atoms with Crippen molar-refractivity contribution >= 4 is 15.7 Å². The molecule has 0 aromatic heterocycles. The first-order chi connectivity index (χ1) is 10.9. The van der Waals surface area contributed by atoms with Gasteiger partial charge in [0.25, 0.3) is 0 Å². The van der Waals surface area contributed by atoms with Gasteiger partial charge < -0.3 is 0 Å². The number of sulfonamides is 1. The summed E-state index contributed by atoms with van der Waals surface area (Å²) in [4.78, 5) is 0. The van der Waals surface area contributed by atoms with Crippen molar-refractivity contribution in [2.24, 2.45) is 0 Å². The molecule has 0 atom stereocenters. The van der Waals surface area contributed by atoms with Crippen molar-refractivity contribution < 1.29 is 34.8 Å². The van der Waals surface area contributed by atoms with E-state index in [-0.39, 0.29) is 5.56 Å². The lowest BCUT2D eigenvalue weighted by molar-refractivity contribution is -0.140. The maximum absolute atomic E-state index is 13.9. The van der Waals surface area contributed by atoms with E-state index in [0.29, 0.717) is 18.2 Å². The van der Waals surface area contributed by atoms with Gasteiger partial charge in [0.1, 0.15) is 5.82 Å². The maximum atomic E-state index is 13.9. The Kier molecular flexibility index (Phi) is 4.53. The van der Waals surface area contributed by atoms with E-state index >= 15 is 0 Å². The fourth-order valence-corrected chi connectivity index (χ4v) is 2.52. The van der Waals surface area contributed by atoms with Crippen LogP contribution < -0.4 is 4.72 Å². The van der Waals surface area contributed by atoms with E-state index < -0.39 is 50.5 Å². The van der Waals surface area contributed by atoms with Gasteiger partial charge in [0, 0.05) is 5.56 Å². The van der Waals surface area contributed by atoms with Crippen molar-refractivity contribution in [3.8, 4) is 11.1 Å². The Bertz CT molecular complexity index is 893. The lowest BCUT2D eigenvalue weighted by atomic mass is 10.0. The van der Waals surface area contributed by atoms with Gasteiger partial charge in [-0.15, -0.1) is 0 Å². The molecule has 0 heterocycles. The topological polar surface area (TPSA) is 46.2 Å². The Balaban J connectivity index is 2.50. The summed E-state index contributed by atoms with van der Waals surface area (Å²) in [6.07, 6.45) is -4.29. The number of anilines is 1. The van der Waals surface area contributed by atoms with Crippen molar-refractivity contribution in [1.29, 1.82) is 0 Å². The molecule has 0 fully saturated rings. The van der Waals surface area contributed by atoms with Crippen LogP contribution in [-0.4, -0.2) is 14.7 Å². The molecule has 0 aliphatic carbocycles. The lowest BCUT2D eigenvalue weighted by Crippen LogP contribution is -2.11. The van der Waals surface area contributed by atoms with Gasteiger partial charge in [0.15, 0.2) is 11.6 Å².